The predicted octanol–water partition coefficient (Wildman–Crippen LogP) is 3.31. The van der Waals surface area contributed by atoms with Crippen molar-refractivity contribution in [1.82, 2.24) is 10.9 Å². The van der Waals surface area contributed by atoms with E-state index in [1.54, 1.807) is 36.4 Å². The molecule has 3 aromatic carbocycles. The van der Waals surface area contributed by atoms with Crippen LogP contribution in [0.2, 0.25) is 0 Å². The Labute approximate surface area is 145 Å². The maximum atomic E-state index is 12.2. The van der Waals surface area contributed by atoms with E-state index in [1.807, 2.05) is 37.3 Å². The number of nitrogens with one attached hydrogen (secondary N) is 2. The second-order valence-corrected chi connectivity index (χ2v) is 5.43. The van der Waals surface area contributed by atoms with Crippen molar-refractivity contribution in [1.29, 1.82) is 0 Å². The highest BCUT2D eigenvalue weighted by atomic mass is 16.5. The largest absolute Gasteiger partial charge is 0.494 e. The number of carbonyl (C=O) groups is 2. The van der Waals surface area contributed by atoms with Crippen LogP contribution in [-0.4, -0.2) is 18.4 Å². The fourth-order valence-electron chi connectivity index (χ4n) is 2.46. The lowest BCUT2D eigenvalue weighted by Crippen LogP contribution is -2.41. The molecule has 0 radical (unpaired) electrons. The van der Waals surface area contributed by atoms with Crippen LogP contribution in [0.3, 0.4) is 0 Å². The molecule has 0 atom stereocenters. The van der Waals surface area contributed by atoms with Crippen LogP contribution in [0.25, 0.3) is 10.8 Å². The van der Waals surface area contributed by atoms with Crippen LogP contribution in [0.5, 0.6) is 5.75 Å². The summed E-state index contributed by atoms with van der Waals surface area (Å²) >= 11 is 0. The van der Waals surface area contributed by atoms with Crippen LogP contribution < -0.4 is 15.6 Å². The zero-order chi connectivity index (χ0) is 17.6. The van der Waals surface area contributed by atoms with Crippen molar-refractivity contribution in [3.8, 4) is 5.75 Å². The normalized spacial score (nSPS) is 10.3. The van der Waals surface area contributed by atoms with Crippen LogP contribution in [0.4, 0.5) is 0 Å². The van der Waals surface area contributed by atoms with Crippen molar-refractivity contribution in [2.24, 2.45) is 0 Å². The van der Waals surface area contributed by atoms with E-state index in [9.17, 15) is 9.59 Å². The summed E-state index contributed by atoms with van der Waals surface area (Å²) in [5.74, 6) is -0.0681. The van der Waals surface area contributed by atoms with E-state index in [-0.39, 0.29) is 5.91 Å². The summed E-state index contributed by atoms with van der Waals surface area (Å²) in [6, 6.07) is 19.9. The third-order valence-electron chi connectivity index (χ3n) is 3.73. The Hall–Kier alpha value is -3.34. The van der Waals surface area contributed by atoms with Crippen molar-refractivity contribution >= 4 is 22.6 Å². The van der Waals surface area contributed by atoms with E-state index in [0.717, 1.165) is 10.8 Å². The third-order valence-corrected chi connectivity index (χ3v) is 3.73. The number of ether oxygens (including phenoxy) is 1. The predicted molar refractivity (Wildman–Crippen MR) is 96.5 cm³/mol. The number of hydrazine groups is 1. The summed E-state index contributed by atoms with van der Waals surface area (Å²) in [4.78, 5) is 24.3. The van der Waals surface area contributed by atoms with Crippen molar-refractivity contribution in [3.05, 3.63) is 77.9 Å². The molecule has 0 saturated carbocycles. The van der Waals surface area contributed by atoms with E-state index in [4.69, 9.17) is 4.74 Å². The molecule has 0 spiro atoms. The van der Waals surface area contributed by atoms with E-state index in [1.165, 1.54) is 0 Å². The van der Waals surface area contributed by atoms with E-state index < -0.39 is 5.91 Å². The van der Waals surface area contributed by atoms with Gasteiger partial charge in [0.05, 0.1) is 6.61 Å². The lowest BCUT2D eigenvalue weighted by atomic mass is 10.1. The van der Waals surface area contributed by atoms with Gasteiger partial charge in [-0.05, 0) is 54.1 Å². The Morgan fingerprint density at radius 3 is 2.08 bits per heavy atom. The lowest BCUT2D eigenvalue weighted by Gasteiger charge is -2.09. The molecule has 0 aliphatic rings. The van der Waals surface area contributed by atoms with Crippen molar-refractivity contribution < 1.29 is 14.3 Å². The van der Waals surface area contributed by atoms with Gasteiger partial charge in [0.25, 0.3) is 11.8 Å². The number of rotatable bonds is 4. The van der Waals surface area contributed by atoms with Gasteiger partial charge in [-0.3, -0.25) is 20.4 Å². The molecule has 0 heterocycles. The topological polar surface area (TPSA) is 67.4 Å². The van der Waals surface area contributed by atoms with Gasteiger partial charge in [0.1, 0.15) is 5.75 Å². The van der Waals surface area contributed by atoms with Gasteiger partial charge in [0.2, 0.25) is 0 Å². The van der Waals surface area contributed by atoms with Crippen LogP contribution in [0.15, 0.2) is 66.7 Å². The first-order valence-corrected chi connectivity index (χ1v) is 7.99. The van der Waals surface area contributed by atoms with Crippen LogP contribution in [0, 0.1) is 0 Å². The molecule has 3 aromatic rings. The molecule has 0 unspecified atom stereocenters. The first-order chi connectivity index (χ1) is 12.2. The maximum absolute atomic E-state index is 12.2. The summed E-state index contributed by atoms with van der Waals surface area (Å²) in [6.45, 7) is 2.45. The number of hydrogen-bond acceptors (Lipinski definition) is 3. The first kappa shape index (κ1) is 16.5. The third kappa shape index (κ3) is 3.95. The monoisotopic (exact) mass is 334 g/mol. The fourth-order valence-corrected chi connectivity index (χ4v) is 2.46. The maximum Gasteiger partial charge on any atom is 0.269 e. The first-order valence-electron chi connectivity index (χ1n) is 7.99. The Kier molecular flexibility index (Phi) is 4.95. The Balaban J connectivity index is 1.63. The van der Waals surface area contributed by atoms with Gasteiger partial charge >= 0.3 is 0 Å². The molecule has 0 bridgehead atoms. The zero-order valence-electron chi connectivity index (χ0n) is 13.8. The quantitative estimate of drug-likeness (QED) is 0.719. The van der Waals surface area contributed by atoms with Gasteiger partial charge < -0.3 is 4.74 Å². The fraction of sp³-hybridized carbons (Fsp3) is 0.100. The summed E-state index contributed by atoms with van der Waals surface area (Å²) in [7, 11) is 0. The number of benzene rings is 3. The summed E-state index contributed by atoms with van der Waals surface area (Å²) in [5, 5.41) is 2.02. The molecule has 0 aromatic heterocycles. The zero-order valence-corrected chi connectivity index (χ0v) is 13.8. The van der Waals surface area contributed by atoms with E-state index >= 15 is 0 Å². The molecule has 0 saturated heterocycles. The average Bonchev–Trinajstić information content (AvgIpc) is 2.66. The molecule has 5 heteroatoms. The highest BCUT2D eigenvalue weighted by Gasteiger charge is 2.09. The Morgan fingerprint density at radius 1 is 0.800 bits per heavy atom. The molecule has 25 heavy (non-hydrogen) atoms. The summed E-state index contributed by atoms with van der Waals surface area (Å²) < 4.78 is 5.33. The molecule has 0 aliphatic carbocycles. The van der Waals surface area contributed by atoms with Gasteiger partial charge in [-0.1, -0.05) is 30.3 Å². The molecule has 2 N–H and O–H groups in total. The number of amides is 2. The number of hydrogen-bond donors (Lipinski definition) is 2. The molecule has 0 aliphatic heterocycles. The van der Waals surface area contributed by atoms with Crippen molar-refractivity contribution in [3.63, 3.8) is 0 Å². The average molecular weight is 334 g/mol. The number of fused-ring (bicyclic) bond motifs is 1. The SMILES string of the molecule is CCOc1ccc(C(=O)NNC(=O)c2ccc3ccccc3c2)cc1. The molecule has 0 fully saturated rings. The van der Waals surface area contributed by atoms with Crippen LogP contribution in [0.1, 0.15) is 27.6 Å². The molecular weight excluding hydrogens is 316 g/mol. The highest BCUT2D eigenvalue weighted by molar-refractivity contribution is 6.01. The second kappa shape index (κ2) is 7.49. The number of carbonyl (C=O) groups excluding carboxylic acids is 2. The van der Waals surface area contributed by atoms with Gasteiger partial charge in [-0.2, -0.15) is 0 Å². The standard InChI is InChI=1S/C20H18N2O3/c1-2-25-18-11-9-15(10-12-18)19(23)21-22-20(24)17-8-7-14-5-3-4-6-16(14)13-17/h3-13H,2H2,1H3,(H,21,23)(H,22,24). The minimum absolute atomic E-state index is 0.370. The second-order valence-electron chi connectivity index (χ2n) is 5.43. The molecule has 126 valence electrons. The minimum atomic E-state index is -0.391. The van der Waals surface area contributed by atoms with Crippen LogP contribution in [-0.2, 0) is 0 Å². The highest BCUT2D eigenvalue weighted by Crippen LogP contribution is 2.15. The molecular formula is C20H18N2O3. The van der Waals surface area contributed by atoms with Gasteiger partial charge in [0, 0.05) is 11.1 Å². The van der Waals surface area contributed by atoms with Crippen LogP contribution >= 0.6 is 0 Å². The summed E-state index contributed by atoms with van der Waals surface area (Å²) in [5.41, 5.74) is 5.76. The van der Waals surface area contributed by atoms with Crippen molar-refractivity contribution in [2.45, 2.75) is 6.92 Å². The Morgan fingerprint density at radius 2 is 1.40 bits per heavy atom. The van der Waals surface area contributed by atoms with E-state index in [0.29, 0.717) is 23.5 Å². The Bertz CT molecular complexity index is 904. The van der Waals surface area contributed by atoms with E-state index in [2.05, 4.69) is 10.9 Å². The molecule has 3 rings (SSSR count). The van der Waals surface area contributed by atoms with Gasteiger partial charge in [-0.15, -0.1) is 0 Å². The summed E-state index contributed by atoms with van der Waals surface area (Å²) in [6.07, 6.45) is 0. The minimum Gasteiger partial charge on any atom is -0.494 e. The van der Waals surface area contributed by atoms with Gasteiger partial charge in [0.15, 0.2) is 0 Å². The smallest absolute Gasteiger partial charge is 0.269 e. The van der Waals surface area contributed by atoms with Gasteiger partial charge in [-0.25, -0.2) is 0 Å². The lowest BCUT2D eigenvalue weighted by molar-refractivity contribution is 0.0846. The molecule has 2 amide bonds. The van der Waals surface area contributed by atoms with Crippen molar-refractivity contribution in [2.75, 3.05) is 6.61 Å². The molecule has 5 nitrogen and oxygen atoms in total.